The molecule has 1 aromatic heterocycles. The Morgan fingerprint density at radius 2 is 1.81 bits per heavy atom. The Hall–Kier alpha value is -2.80. The molecule has 1 aliphatic heterocycles. The van der Waals surface area contributed by atoms with E-state index in [1.54, 1.807) is 11.0 Å². The molecule has 1 saturated heterocycles. The van der Waals surface area contributed by atoms with Crippen LogP contribution in [0.1, 0.15) is 56.1 Å². The van der Waals surface area contributed by atoms with E-state index in [0.717, 1.165) is 32.2 Å². The molecular weight excluding hydrogens is 455 g/mol. The summed E-state index contributed by atoms with van der Waals surface area (Å²) in [6.07, 6.45) is 8.95. The summed E-state index contributed by atoms with van der Waals surface area (Å²) < 4.78 is 13.1. The molecule has 192 valence electrons. The number of carbonyl (C=O) groups is 2. The minimum absolute atomic E-state index is 0.00421. The third-order valence-electron chi connectivity index (χ3n) is 8.96. The van der Waals surface area contributed by atoms with E-state index < -0.39 is 5.95 Å². The summed E-state index contributed by atoms with van der Waals surface area (Å²) in [5, 5.41) is 0. The van der Waals surface area contributed by atoms with Gasteiger partial charge in [0.15, 0.2) is 5.78 Å². The van der Waals surface area contributed by atoms with Crippen LogP contribution in [-0.2, 0) is 16.8 Å². The molecule has 5 rings (SSSR count). The van der Waals surface area contributed by atoms with Crippen LogP contribution in [-0.4, -0.2) is 70.8 Å². The molecule has 3 fully saturated rings. The predicted molar refractivity (Wildman–Crippen MR) is 137 cm³/mol. The second-order valence-corrected chi connectivity index (χ2v) is 11.3. The first-order valence-electron chi connectivity index (χ1n) is 13.2. The lowest BCUT2D eigenvalue weighted by Gasteiger charge is -2.51. The Morgan fingerprint density at radius 1 is 1.08 bits per heavy atom. The summed E-state index contributed by atoms with van der Waals surface area (Å²) in [6, 6.07) is 13.6. The van der Waals surface area contributed by atoms with Gasteiger partial charge in [-0.25, -0.2) is 9.78 Å². The Kier molecular flexibility index (Phi) is 6.86. The highest BCUT2D eigenvalue weighted by Gasteiger charge is 2.55. The highest BCUT2D eigenvalue weighted by atomic mass is 19.1. The second kappa shape index (κ2) is 9.92. The monoisotopic (exact) mass is 492 g/mol. The van der Waals surface area contributed by atoms with E-state index >= 15 is 0 Å². The molecule has 0 N–H and O–H groups in total. The molecule has 0 radical (unpaired) electrons. The van der Waals surface area contributed by atoms with Crippen LogP contribution in [0.15, 0.2) is 48.7 Å². The van der Waals surface area contributed by atoms with Crippen LogP contribution in [0.3, 0.4) is 0 Å². The molecule has 2 saturated carbocycles. The first-order valence-corrected chi connectivity index (χ1v) is 13.2. The minimum atomic E-state index is -0.559. The van der Waals surface area contributed by atoms with Gasteiger partial charge < -0.3 is 9.80 Å². The molecule has 2 amide bonds. The zero-order chi connectivity index (χ0) is 25.3. The van der Waals surface area contributed by atoms with Gasteiger partial charge in [-0.1, -0.05) is 42.8 Å². The molecule has 0 bridgehead atoms. The fourth-order valence-electron chi connectivity index (χ4n) is 6.52. The van der Waals surface area contributed by atoms with Crippen molar-refractivity contribution >= 4 is 11.8 Å². The first-order chi connectivity index (χ1) is 17.3. The summed E-state index contributed by atoms with van der Waals surface area (Å²) in [7, 11) is 4.32. The number of ketones is 1. The molecule has 1 spiro atoms. The average molecular weight is 493 g/mol. The van der Waals surface area contributed by atoms with Crippen LogP contribution in [0.2, 0.25) is 0 Å². The summed E-state index contributed by atoms with van der Waals surface area (Å²) in [6.45, 7) is 1.49. The number of nitrogens with zero attached hydrogens (tertiary/aromatic N) is 4. The lowest BCUT2D eigenvalue weighted by atomic mass is 9.68. The normalized spacial score (nSPS) is 26.6. The number of halogens is 1. The molecule has 2 aromatic rings. The number of urea groups is 1. The van der Waals surface area contributed by atoms with Crippen LogP contribution >= 0.6 is 0 Å². The van der Waals surface area contributed by atoms with Crippen molar-refractivity contribution in [2.75, 3.05) is 33.7 Å². The topological polar surface area (TPSA) is 56.8 Å². The maximum atomic E-state index is 13.7. The van der Waals surface area contributed by atoms with Crippen molar-refractivity contribution in [3.05, 3.63) is 65.7 Å². The highest BCUT2D eigenvalue weighted by Crippen LogP contribution is 2.49. The Bertz CT molecular complexity index is 1080. The van der Waals surface area contributed by atoms with Gasteiger partial charge in [0.25, 0.3) is 0 Å². The number of rotatable bonds is 8. The quantitative estimate of drug-likeness (QED) is 0.504. The van der Waals surface area contributed by atoms with Crippen LogP contribution in [0.4, 0.5) is 9.18 Å². The molecule has 0 atom stereocenters. The van der Waals surface area contributed by atoms with Gasteiger partial charge in [0.2, 0.25) is 5.95 Å². The van der Waals surface area contributed by atoms with Gasteiger partial charge in [0.05, 0.1) is 12.1 Å². The number of amides is 2. The summed E-state index contributed by atoms with van der Waals surface area (Å²) in [4.78, 5) is 36.5. The number of carbonyl (C=O) groups excluding carboxylic acids is 2. The number of hydrogen-bond donors (Lipinski definition) is 0. The SMILES string of the molecule is CN(C)C1(c2ccccc2)CCC2(CC1)CN(CC(=O)Cc1ccc(F)nc1)C(=O)N2CC1CCC1. The fraction of sp³-hybridized carbons (Fsp3) is 0.552. The van der Waals surface area contributed by atoms with Crippen LogP contribution in [0.25, 0.3) is 0 Å². The molecule has 2 aliphatic carbocycles. The molecule has 1 aromatic carbocycles. The molecule has 6 nitrogen and oxygen atoms in total. The van der Waals surface area contributed by atoms with Crippen molar-refractivity contribution in [2.45, 2.75) is 62.4 Å². The number of pyridine rings is 1. The van der Waals surface area contributed by atoms with E-state index in [-0.39, 0.29) is 35.9 Å². The maximum Gasteiger partial charge on any atom is 0.321 e. The second-order valence-electron chi connectivity index (χ2n) is 11.3. The predicted octanol–water partition coefficient (Wildman–Crippen LogP) is 4.64. The van der Waals surface area contributed by atoms with Gasteiger partial charge >= 0.3 is 6.03 Å². The highest BCUT2D eigenvalue weighted by molar-refractivity contribution is 5.88. The molecular formula is C29H37FN4O2. The lowest BCUT2D eigenvalue weighted by molar-refractivity contribution is -0.119. The number of hydrogen-bond acceptors (Lipinski definition) is 4. The summed E-state index contributed by atoms with van der Waals surface area (Å²) in [5.74, 6) is -0.0299. The molecule has 0 unspecified atom stereocenters. The van der Waals surface area contributed by atoms with E-state index in [2.05, 4.69) is 59.2 Å². The number of aromatic nitrogens is 1. The molecule has 3 aliphatic rings. The standard InChI is InChI=1S/C29H37FN4O2/c1-32(2)29(24-9-4-3-5-10-24)15-13-28(14-16-29)21-33(27(36)34(28)19-22-7-6-8-22)20-25(35)17-23-11-12-26(30)31-18-23/h3-5,9-12,18,22H,6-8,13-17,19-21H2,1-2H3. The number of Topliss-reactive ketones (excluding diaryl/α,β-unsaturated/α-hetero) is 1. The molecule has 36 heavy (non-hydrogen) atoms. The summed E-state index contributed by atoms with van der Waals surface area (Å²) >= 11 is 0. The van der Waals surface area contributed by atoms with Crippen molar-refractivity contribution < 1.29 is 14.0 Å². The van der Waals surface area contributed by atoms with Crippen LogP contribution in [0, 0.1) is 11.9 Å². The van der Waals surface area contributed by atoms with Crippen molar-refractivity contribution in [3.8, 4) is 0 Å². The van der Waals surface area contributed by atoms with Gasteiger partial charge in [-0.15, -0.1) is 0 Å². The zero-order valence-electron chi connectivity index (χ0n) is 21.5. The van der Waals surface area contributed by atoms with Crippen molar-refractivity contribution in [3.63, 3.8) is 0 Å². The average Bonchev–Trinajstić information content (AvgIpc) is 3.08. The summed E-state index contributed by atoms with van der Waals surface area (Å²) in [5.41, 5.74) is 1.74. The van der Waals surface area contributed by atoms with Crippen molar-refractivity contribution in [2.24, 2.45) is 5.92 Å². The zero-order valence-corrected chi connectivity index (χ0v) is 21.5. The van der Waals surface area contributed by atoms with E-state index in [4.69, 9.17) is 0 Å². The Balaban J connectivity index is 1.33. The van der Waals surface area contributed by atoms with E-state index in [1.807, 2.05) is 0 Å². The third-order valence-corrected chi connectivity index (χ3v) is 8.96. The van der Waals surface area contributed by atoms with Crippen LogP contribution in [0.5, 0.6) is 0 Å². The van der Waals surface area contributed by atoms with Crippen molar-refractivity contribution in [1.82, 2.24) is 19.7 Å². The van der Waals surface area contributed by atoms with E-state index in [9.17, 15) is 14.0 Å². The molecule has 7 heteroatoms. The Labute approximate surface area is 213 Å². The minimum Gasteiger partial charge on any atom is -0.317 e. The Morgan fingerprint density at radius 3 is 2.39 bits per heavy atom. The van der Waals surface area contributed by atoms with Crippen molar-refractivity contribution in [1.29, 1.82) is 0 Å². The largest absolute Gasteiger partial charge is 0.321 e. The van der Waals surface area contributed by atoms with Gasteiger partial charge in [-0.2, -0.15) is 4.39 Å². The smallest absolute Gasteiger partial charge is 0.317 e. The van der Waals surface area contributed by atoms with Gasteiger partial charge in [-0.3, -0.25) is 9.69 Å². The molecule has 2 heterocycles. The van der Waals surface area contributed by atoms with Gasteiger partial charge in [0.1, 0.15) is 0 Å². The number of benzene rings is 1. The fourth-order valence-corrected chi connectivity index (χ4v) is 6.52. The van der Waals surface area contributed by atoms with E-state index in [1.165, 1.54) is 37.1 Å². The third kappa shape index (κ3) is 4.65. The lowest BCUT2D eigenvalue weighted by Crippen LogP contribution is -2.56. The van der Waals surface area contributed by atoms with E-state index in [0.29, 0.717) is 18.0 Å². The van der Waals surface area contributed by atoms with Gasteiger partial charge in [0, 0.05) is 31.2 Å². The first kappa shape index (κ1) is 24.9. The van der Waals surface area contributed by atoms with Gasteiger partial charge in [-0.05, 0) is 75.7 Å². The maximum absolute atomic E-state index is 13.7. The van der Waals surface area contributed by atoms with Crippen LogP contribution < -0.4 is 0 Å².